The molecule has 2 heterocycles. The molecule has 7 heteroatoms. The normalized spacial score (nSPS) is 16.8. The molecule has 2 aromatic rings. The Bertz CT molecular complexity index is 690. The third-order valence-electron chi connectivity index (χ3n) is 4.34. The summed E-state index contributed by atoms with van der Waals surface area (Å²) >= 11 is 0. The van der Waals surface area contributed by atoms with E-state index in [1.165, 1.54) is 0 Å². The van der Waals surface area contributed by atoms with Gasteiger partial charge in [0.2, 0.25) is 5.91 Å². The minimum absolute atomic E-state index is 0.0821. The number of hydrogen-bond acceptors (Lipinski definition) is 6. The van der Waals surface area contributed by atoms with E-state index in [9.17, 15) is 9.90 Å². The Kier molecular flexibility index (Phi) is 4.71. The number of nitrogens with zero attached hydrogens (tertiary/aromatic N) is 3. The topological polar surface area (TPSA) is 81.8 Å². The molecule has 0 saturated carbocycles. The number of aryl methyl sites for hydroxylation is 1. The maximum Gasteiger partial charge on any atom is 0.242 e. The van der Waals surface area contributed by atoms with E-state index in [1.54, 1.807) is 25.1 Å². The minimum Gasteiger partial charge on any atom is -0.508 e. The Morgan fingerprint density at radius 3 is 2.50 bits per heavy atom. The molecule has 1 fully saturated rings. The molecule has 1 aliphatic rings. The zero-order valence-corrected chi connectivity index (χ0v) is 13.9. The lowest BCUT2D eigenvalue weighted by atomic mass is 10.2. The number of amides is 1. The van der Waals surface area contributed by atoms with E-state index < -0.39 is 0 Å². The molecule has 0 aliphatic carbocycles. The molecule has 0 bridgehead atoms. The number of piperazine rings is 1. The van der Waals surface area contributed by atoms with Crippen molar-refractivity contribution >= 4 is 17.4 Å². The Labute approximate surface area is 140 Å². The van der Waals surface area contributed by atoms with Gasteiger partial charge in [-0.1, -0.05) is 5.16 Å². The van der Waals surface area contributed by atoms with Gasteiger partial charge in [-0.25, -0.2) is 0 Å². The third kappa shape index (κ3) is 3.68. The molecule has 7 nitrogen and oxygen atoms in total. The zero-order valence-electron chi connectivity index (χ0n) is 13.9. The average molecular weight is 330 g/mol. The minimum atomic E-state index is -0.232. The Balaban J connectivity index is 1.53. The van der Waals surface area contributed by atoms with E-state index in [1.807, 2.05) is 19.1 Å². The summed E-state index contributed by atoms with van der Waals surface area (Å²) in [6.07, 6.45) is 0. The van der Waals surface area contributed by atoms with Gasteiger partial charge in [0.15, 0.2) is 5.82 Å². The molecule has 1 unspecified atom stereocenters. The first-order chi connectivity index (χ1) is 11.5. The monoisotopic (exact) mass is 330 g/mol. The molecule has 1 aromatic carbocycles. The van der Waals surface area contributed by atoms with Gasteiger partial charge in [0.25, 0.3) is 0 Å². The standard InChI is InChI=1S/C17H22N4O3/c1-12-11-16(19-24-12)18-17(23)13(2)20-7-9-21(10-8-20)14-3-5-15(22)6-4-14/h3-6,11,13,22H,7-10H2,1-2H3,(H,18,19,23). The van der Waals surface area contributed by atoms with Gasteiger partial charge in [0.1, 0.15) is 11.5 Å². The zero-order chi connectivity index (χ0) is 17.1. The number of carbonyl (C=O) groups is 1. The van der Waals surface area contributed by atoms with Gasteiger partial charge in [-0.2, -0.15) is 0 Å². The van der Waals surface area contributed by atoms with Gasteiger partial charge < -0.3 is 19.8 Å². The van der Waals surface area contributed by atoms with Crippen molar-refractivity contribution in [1.82, 2.24) is 10.1 Å². The van der Waals surface area contributed by atoms with Crippen LogP contribution < -0.4 is 10.2 Å². The lowest BCUT2D eigenvalue weighted by Gasteiger charge is -2.38. The lowest BCUT2D eigenvalue weighted by Crippen LogP contribution is -2.52. The summed E-state index contributed by atoms with van der Waals surface area (Å²) in [4.78, 5) is 16.7. The van der Waals surface area contributed by atoms with Crippen LogP contribution in [0.15, 0.2) is 34.9 Å². The number of nitrogens with one attached hydrogen (secondary N) is 1. The van der Waals surface area contributed by atoms with E-state index in [2.05, 4.69) is 20.3 Å². The van der Waals surface area contributed by atoms with Gasteiger partial charge in [0.05, 0.1) is 6.04 Å². The maximum absolute atomic E-state index is 12.3. The predicted octanol–water partition coefficient (Wildman–Crippen LogP) is 1.84. The summed E-state index contributed by atoms with van der Waals surface area (Å²) in [7, 11) is 0. The van der Waals surface area contributed by atoms with Crippen molar-refractivity contribution in [3.8, 4) is 5.75 Å². The molecular formula is C17H22N4O3. The van der Waals surface area contributed by atoms with Crippen LogP contribution in [0.2, 0.25) is 0 Å². The summed E-state index contributed by atoms with van der Waals surface area (Å²) in [5.41, 5.74) is 1.09. The van der Waals surface area contributed by atoms with Crippen molar-refractivity contribution in [3.05, 3.63) is 36.1 Å². The second-order valence-electron chi connectivity index (χ2n) is 6.03. The lowest BCUT2D eigenvalue weighted by molar-refractivity contribution is -0.120. The highest BCUT2D eigenvalue weighted by Gasteiger charge is 2.26. The summed E-state index contributed by atoms with van der Waals surface area (Å²) in [5, 5.41) is 15.9. The fourth-order valence-electron chi connectivity index (χ4n) is 2.85. The van der Waals surface area contributed by atoms with Crippen LogP contribution in [0.4, 0.5) is 11.5 Å². The highest BCUT2D eigenvalue weighted by molar-refractivity contribution is 5.93. The molecule has 1 saturated heterocycles. The number of phenols is 1. The molecule has 2 N–H and O–H groups in total. The van der Waals surface area contributed by atoms with E-state index in [4.69, 9.17) is 4.52 Å². The van der Waals surface area contributed by atoms with Gasteiger partial charge >= 0.3 is 0 Å². The van der Waals surface area contributed by atoms with Gasteiger partial charge in [-0.05, 0) is 38.1 Å². The second-order valence-corrected chi connectivity index (χ2v) is 6.03. The van der Waals surface area contributed by atoms with Crippen molar-refractivity contribution < 1.29 is 14.4 Å². The smallest absolute Gasteiger partial charge is 0.242 e. The highest BCUT2D eigenvalue weighted by atomic mass is 16.5. The van der Waals surface area contributed by atoms with Gasteiger partial charge in [-0.3, -0.25) is 9.69 Å². The first-order valence-corrected chi connectivity index (χ1v) is 8.05. The Morgan fingerprint density at radius 1 is 1.25 bits per heavy atom. The number of phenolic OH excluding ortho intramolecular Hbond substituents is 1. The number of benzene rings is 1. The molecule has 0 spiro atoms. The van der Waals surface area contributed by atoms with E-state index in [0.717, 1.165) is 31.9 Å². The SMILES string of the molecule is Cc1cc(NC(=O)C(C)N2CCN(c3ccc(O)cc3)CC2)no1. The quantitative estimate of drug-likeness (QED) is 0.890. The fraction of sp³-hybridized carbons (Fsp3) is 0.412. The van der Waals surface area contributed by atoms with E-state index in [-0.39, 0.29) is 17.7 Å². The van der Waals surface area contributed by atoms with E-state index in [0.29, 0.717) is 11.6 Å². The summed E-state index contributed by atoms with van der Waals surface area (Å²) in [5.74, 6) is 1.31. The van der Waals surface area contributed by atoms with E-state index >= 15 is 0 Å². The van der Waals surface area contributed by atoms with Crippen molar-refractivity contribution in [3.63, 3.8) is 0 Å². The summed E-state index contributed by atoms with van der Waals surface area (Å²) in [6.45, 7) is 6.96. The predicted molar refractivity (Wildman–Crippen MR) is 91.2 cm³/mol. The molecule has 1 aliphatic heterocycles. The van der Waals surface area contributed by atoms with Crippen molar-refractivity contribution in [1.29, 1.82) is 0 Å². The largest absolute Gasteiger partial charge is 0.508 e. The number of anilines is 2. The number of aromatic nitrogens is 1. The molecular weight excluding hydrogens is 308 g/mol. The third-order valence-corrected chi connectivity index (χ3v) is 4.34. The van der Waals surface area contributed by atoms with Gasteiger partial charge in [0, 0.05) is 37.9 Å². The number of aromatic hydroxyl groups is 1. The number of carbonyl (C=O) groups excluding carboxylic acids is 1. The van der Waals surface area contributed by atoms with Crippen molar-refractivity contribution in [2.24, 2.45) is 0 Å². The van der Waals surface area contributed by atoms with Crippen molar-refractivity contribution in [2.45, 2.75) is 19.9 Å². The van der Waals surface area contributed by atoms with Crippen molar-refractivity contribution in [2.75, 3.05) is 36.4 Å². The Morgan fingerprint density at radius 2 is 1.92 bits per heavy atom. The molecule has 1 atom stereocenters. The van der Waals surface area contributed by atoms with Crippen LogP contribution in [0, 0.1) is 6.92 Å². The van der Waals surface area contributed by atoms with Crippen LogP contribution in [-0.4, -0.2) is 53.3 Å². The van der Waals surface area contributed by atoms with Crippen LogP contribution in [-0.2, 0) is 4.79 Å². The van der Waals surface area contributed by atoms with Crippen LogP contribution in [0.5, 0.6) is 5.75 Å². The highest BCUT2D eigenvalue weighted by Crippen LogP contribution is 2.20. The second kappa shape index (κ2) is 6.92. The van der Waals surface area contributed by atoms with Crippen LogP contribution in [0.25, 0.3) is 0 Å². The molecule has 0 radical (unpaired) electrons. The number of hydrogen-bond donors (Lipinski definition) is 2. The van der Waals surface area contributed by atoms with Crippen LogP contribution >= 0.6 is 0 Å². The number of rotatable bonds is 4. The molecule has 1 amide bonds. The fourth-order valence-corrected chi connectivity index (χ4v) is 2.85. The van der Waals surface area contributed by atoms with Gasteiger partial charge in [-0.15, -0.1) is 0 Å². The molecule has 24 heavy (non-hydrogen) atoms. The first-order valence-electron chi connectivity index (χ1n) is 8.05. The average Bonchev–Trinajstić information content (AvgIpc) is 3.00. The summed E-state index contributed by atoms with van der Waals surface area (Å²) in [6, 6.07) is 8.68. The molecule has 128 valence electrons. The van der Waals surface area contributed by atoms with Crippen LogP contribution in [0.3, 0.4) is 0 Å². The first kappa shape index (κ1) is 16.3. The summed E-state index contributed by atoms with van der Waals surface area (Å²) < 4.78 is 4.96. The van der Waals surface area contributed by atoms with Crippen LogP contribution in [0.1, 0.15) is 12.7 Å². The Hall–Kier alpha value is -2.54. The molecule has 1 aromatic heterocycles. The molecule has 3 rings (SSSR count). The maximum atomic E-state index is 12.3.